The Hall–Kier alpha value is -1.36. The van der Waals surface area contributed by atoms with Gasteiger partial charge in [0.2, 0.25) is 0 Å². The van der Waals surface area contributed by atoms with Crippen LogP contribution in [0.1, 0.15) is 30.7 Å². The molecule has 1 aliphatic rings. The number of rotatable bonds is 4. The van der Waals surface area contributed by atoms with Gasteiger partial charge in [-0.3, -0.25) is 0 Å². The zero-order valence-corrected chi connectivity index (χ0v) is 10.7. The number of aryl methyl sites for hydroxylation is 1. The SMILES string of the molecule is CNc1nc(C)nc(NCC2(O)CCC2)c1C. The Kier molecular flexibility index (Phi) is 3.19. The molecule has 1 aromatic rings. The Morgan fingerprint density at radius 3 is 2.41 bits per heavy atom. The first-order valence-corrected chi connectivity index (χ1v) is 6.03. The molecule has 0 radical (unpaired) electrons. The second-order valence-electron chi connectivity index (χ2n) is 4.77. The monoisotopic (exact) mass is 236 g/mol. The van der Waals surface area contributed by atoms with Gasteiger partial charge in [0.25, 0.3) is 0 Å². The van der Waals surface area contributed by atoms with E-state index in [9.17, 15) is 5.11 Å². The van der Waals surface area contributed by atoms with Crippen molar-refractivity contribution in [2.24, 2.45) is 0 Å². The quantitative estimate of drug-likeness (QED) is 0.738. The molecule has 1 heterocycles. The number of anilines is 2. The fraction of sp³-hybridized carbons (Fsp3) is 0.667. The number of aromatic nitrogens is 2. The Morgan fingerprint density at radius 1 is 1.24 bits per heavy atom. The van der Waals surface area contributed by atoms with Crippen molar-refractivity contribution in [1.29, 1.82) is 0 Å². The smallest absolute Gasteiger partial charge is 0.134 e. The van der Waals surface area contributed by atoms with Gasteiger partial charge in [-0.25, -0.2) is 9.97 Å². The van der Waals surface area contributed by atoms with Crippen molar-refractivity contribution >= 4 is 11.6 Å². The van der Waals surface area contributed by atoms with E-state index in [0.29, 0.717) is 6.54 Å². The van der Waals surface area contributed by atoms with E-state index >= 15 is 0 Å². The van der Waals surface area contributed by atoms with Crippen molar-refractivity contribution in [2.75, 3.05) is 24.2 Å². The van der Waals surface area contributed by atoms with Crippen LogP contribution in [0.5, 0.6) is 0 Å². The molecule has 3 N–H and O–H groups in total. The number of nitrogens with one attached hydrogen (secondary N) is 2. The van der Waals surface area contributed by atoms with Crippen LogP contribution in [0.25, 0.3) is 0 Å². The van der Waals surface area contributed by atoms with Crippen LogP contribution in [0.4, 0.5) is 11.6 Å². The molecule has 0 saturated heterocycles. The molecule has 1 fully saturated rings. The van der Waals surface area contributed by atoms with E-state index in [0.717, 1.165) is 42.3 Å². The molecule has 0 unspecified atom stereocenters. The molecule has 2 rings (SSSR count). The van der Waals surface area contributed by atoms with Crippen molar-refractivity contribution in [3.63, 3.8) is 0 Å². The van der Waals surface area contributed by atoms with Crippen molar-refractivity contribution in [1.82, 2.24) is 9.97 Å². The van der Waals surface area contributed by atoms with Crippen molar-refractivity contribution in [3.8, 4) is 0 Å². The van der Waals surface area contributed by atoms with E-state index < -0.39 is 5.60 Å². The molecule has 0 amide bonds. The number of hydrogen-bond donors (Lipinski definition) is 3. The lowest BCUT2D eigenvalue weighted by molar-refractivity contribution is -0.0202. The van der Waals surface area contributed by atoms with E-state index in [-0.39, 0.29) is 0 Å². The fourth-order valence-corrected chi connectivity index (χ4v) is 2.05. The van der Waals surface area contributed by atoms with Crippen LogP contribution in [-0.4, -0.2) is 34.3 Å². The van der Waals surface area contributed by atoms with Gasteiger partial charge in [0.1, 0.15) is 17.5 Å². The summed E-state index contributed by atoms with van der Waals surface area (Å²) in [7, 11) is 1.85. The van der Waals surface area contributed by atoms with Crippen LogP contribution in [0, 0.1) is 13.8 Å². The topological polar surface area (TPSA) is 70.1 Å². The summed E-state index contributed by atoms with van der Waals surface area (Å²) < 4.78 is 0. The van der Waals surface area contributed by atoms with E-state index in [1.165, 1.54) is 0 Å². The Bertz CT molecular complexity index is 415. The largest absolute Gasteiger partial charge is 0.388 e. The zero-order chi connectivity index (χ0) is 12.5. The minimum absolute atomic E-state index is 0.537. The van der Waals surface area contributed by atoms with Crippen LogP contribution < -0.4 is 10.6 Å². The summed E-state index contributed by atoms with van der Waals surface area (Å²) in [6.07, 6.45) is 2.87. The van der Waals surface area contributed by atoms with Gasteiger partial charge >= 0.3 is 0 Å². The molecule has 94 valence electrons. The summed E-state index contributed by atoms with van der Waals surface area (Å²) >= 11 is 0. The van der Waals surface area contributed by atoms with Gasteiger partial charge in [-0.2, -0.15) is 0 Å². The lowest BCUT2D eigenvalue weighted by Crippen LogP contribution is -2.43. The summed E-state index contributed by atoms with van der Waals surface area (Å²) in [4.78, 5) is 8.68. The standard InChI is InChI=1S/C12H20N4O/c1-8-10(13-3)15-9(2)16-11(8)14-7-12(17)5-4-6-12/h17H,4-7H2,1-3H3,(H2,13,14,15,16). The Morgan fingerprint density at radius 2 is 1.88 bits per heavy atom. The van der Waals surface area contributed by atoms with Crippen LogP contribution >= 0.6 is 0 Å². The molecule has 1 saturated carbocycles. The van der Waals surface area contributed by atoms with Crippen LogP contribution in [0.2, 0.25) is 0 Å². The van der Waals surface area contributed by atoms with Gasteiger partial charge in [0, 0.05) is 19.2 Å². The van der Waals surface area contributed by atoms with Crippen LogP contribution in [0.15, 0.2) is 0 Å². The molecule has 1 aliphatic carbocycles. The second-order valence-corrected chi connectivity index (χ2v) is 4.77. The average Bonchev–Trinajstić information content (AvgIpc) is 2.27. The molecular formula is C12H20N4O. The molecule has 0 aliphatic heterocycles. The van der Waals surface area contributed by atoms with Crippen LogP contribution in [-0.2, 0) is 0 Å². The first kappa shape index (κ1) is 12.1. The van der Waals surface area contributed by atoms with E-state index in [1.54, 1.807) is 0 Å². The highest BCUT2D eigenvalue weighted by atomic mass is 16.3. The van der Waals surface area contributed by atoms with Gasteiger partial charge in [0.15, 0.2) is 0 Å². The predicted molar refractivity (Wildman–Crippen MR) is 68.3 cm³/mol. The molecule has 5 nitrogen and oxygen atoms in total. The average molecular weight is 236 g/mol. The van der Waals surface area contributed by atoms with Gasteiger partial charge in [-0.05, 0) is 33.1 Å². The zero-order valence-electron chi connectivity index (χ0n) is 10.7. The Labute approximate surface area is 102 Å². The number of hydrogen-bond acceptors (Lipinski definition) is 5. The van der Waals surface area contributed by atoms with Crippen molar-refractivity contribution in [2.45, 2.75) is 38.7 Å². The summed E-state index contributed by atoms with van der Waals surface area (Å²) in [6, 6.07) is 0. The molecule has 0 atom stereocenters. The molecular weight excluding hydrogens is 216 g/mol. The Balaban J connectivity index is 2.12. The fourth-order valence-electron chi connectivity index (χ4n) is 2.05. The first-order chi connectivity index (χ1) is 8.04. The molecule has 5 heteroatoms. The number of aliphatic hydroxyl groups is 1. The second kappa shape index (κ2) is 4.49. The first-order valence-electron chi connectivity index (χ1n) is 6.03. The molecule has 0 aromatic carbocycles. The van der Waals surface area contributed by atoms with Gasteiger partial charge in [-0.15, -0.1) is 0 Å². The molecule has 0 spiro atoms. The van der Waals surface area contributed by atoms with Crippen molar-refractivity contribution < 1.29 is 5.11 Å². The highest BCUT2D eigenvalue weighted by Crippen LogP contribution is 2.32. The molecule has 17 heavy (non-hydrogen) atoms. The maximum atomic E-state index is 10.0. The predicted octanol–water partition coefficient (Wildman–Crippen LogP) is 1.46. The molecule has 1 aromatic heterocycles. The van der Waals surface area contributed by atoms with Gasteiger partial charge in [0.05, 0.1) is 5.60 Å². The third-order valence-corrected chi connectivity index (χ3v) is 3.36. The minimum atomic E-state index is -0.537. The normalized spacial score (nSPS) is 17.4. The lowest BCUT2D eigenvalue weighted by atomic mass is 9.80. The van der Waals surface area contributed by atoms with Gasteiger partial charge in [-0.1, -0.05) is 0 Å². The van der Waals surface area contributed by atoms with Crippen LogP contribution in [0.3, 0.4) is 0 Å². The lowest BCUT2D eigenvalue weighted by Gasteiger charge is -2.36. The maximum Gasteiger partial charge on any atom is 0.134 e. The number of nitrogens with zero attached hydrogens (tertiary/aromatic N) is 2. The highest BCUT2D eigenvalue weighted by molar-refractivity contribution is 5.57. The van der Waals surface area contributed by atoms with E-state index in [2.05, 4.69) is 20.6 Å². The summed E-state index contributed by atoms with van der Waals surface area (Å²) in [6.45, 7) is 4.40. The maximum absolute atomic E-state index is 10.0. The van der Waals surface area contributed by atoms with E-state index in [4.69, 9.17) is 0 Å². The third kappa shape index (κ3) is 2.49. The molecule has 0 bridgehead atoms. The summed E-state index contributed by atoms with van der Waals surface area (Å²) in [5, 5.41) is 16.3. The van der Waals surface area contributed by atoms with Crippen molar-refractivity contribution in [3.05, 3.63) is 11.4 Å². The highest BCUT2D eigenvalue weighted by Gasteiger charge is 2.34. The van der Waals surface area contributed by atoms with E-state index in [1.807, 2.05) is 20.9 Å². The summed E-state index contributed by atoms with van der Waals surface area (Å²) in [5.41, 5.74) is 0.450. The summed E-state index contributed by atoms with van der Waals surface area (Å²) in [5.74, 6) is 2.37. The van der Waals surface area contributed by atoms with Gasteiger partial charge < -0.3 is 15.7 Å². The minimum Gasteiger partial charge on any atom is -0.388 e. The third-order valence-electron chi connectivity index (χ3n) is 3.36.